The Hall–Kier alpha value is -0.680. The monoisotopic (exact) mass is 312 g/mol. The molecular weight excluding hydrogens is 292 g/mol. The summed E-state index contributed by atoms with van der Waals surface area (Å²) in [4.78, 5) is 13.9. The molecule has 0 spiro atoms. The van der Waals surface area contributed by atoms with E-state index in [1.807, 2.05) is 6.07 Å². The van der Waals surface area contributed by atoms with E-state index in [2.05, 4.69) is 56.5 Å². The summed E-state index contributed by atoms with van der Waals surface area (Å²) in [6, 6.07) is 2.02. The standard InChI is InChI=1S/C13H21BrN4/c1-4-17-5-7-18(8-6-17)12-9-11(14)15-13(16-12)10(2)3/h9-10H,4-8H2,1-3H3. The van der Waals surface area contributed by atoms with Gasteiger partial charge in [0.05, 0.1) is 0 Å². The van der Waals surface area contributed by atoms with Gasteiger partial charge in [-0.15, -0.1) is 0 Å². The van der Waals surface area contributed by atoms with Crippen LogP contribution < -0.4 is 4.90 Å². The smallest absolute Gasteiger partial charge is 0.134 e. The number of halogens is 1. The summed E-state index contributed by atoms with van der Waals surface area (Å²) in [5.41, 5.74) is 0. The molecule has 0 bridgehead atoms. The van der Waals surface area contributed by atoms with Crippen LogP contribution in [0.1, 0.15) is 32.5 Å². The van der Waals surface area contributed by atoms with Crippen LogP contribution in [-0.2, 0) is 0 Å². The Morgan fingerprint density at radius 2 is 1.89 bits per heavy atom. The van der Waals surface area contributed by atoms with E-state index in [1.54, 1.807) is 0 Å². The average Bonchev–Trinajstić information content (AvgIpc) is 2.38. The minimum Gasteiger partial charge on any atom is -0.354 e. The Balaban J connectivity index is 2.13. The molecule has 0 saturated carbocycles. The van der Waals surface area contributed by atoms with Crippen LogP contribution in [-0.4, -0.2) is 47.6 Å². The van der Waals surface area contributed by atoms with Crippen LogP contribution in [0.4, 0.5) is 5.82 Å². The van der Waals surface area contributed by atoms with E-state index in [0.29, 0.717) is 5.92 Å². The van der Waals surface area contributed by atoms with Gasteiger partial charge in [0.1, 0.15) is 16.2 Å². The number of aromatic nitrogens is 2. The van der Waals surface area contributed by atoms with E-state index in [1.165, 1.54) is 0 Å². The van der Waals surface area contributed by atoms with Crippen LogP contribution in [0, 0.1) is 0 Å². The van der Waals surface area contributed by atoms with Gasteiger partial charge in [0, 0.05) is 38.2 Å². The molecule has 18 heavy (non-hydrogen) atoms. The molecule has 1 saturated heterocycles. The number of likely N-dealkylation sites (N-methyl/N-ethyl adjacent to an activating group) is 1. The second kappa shape index (κ2) is 5.97. The number of nitrogens with zero attached hydrogens (tertiary/aromatic N) is 4. The Morgan fingerprint density at radius 3 is 2.44 bits per heavy atom. The molecule has 100 valence electrons. The highest BCUT2D eigenvalue weighted by molar-refractivity contribution is 9.10. The highest BCUT2D eigenvalue weighted by Crippen LogP contribution is 2.21. The SMILES string of the molecule is CCN1CCN(c2cc(Br)nc(C(C)C)n2)CC1. The zero-order valence-electron chi connectivity index (χ0n) is 11.4. The second-order valence-corrected chi connectivity index (χ2v) is 5.80. The van der Waals surface area contributed by atoms with Gasteiger partial charge in [-0.25, -0.2) is 9.97 Å². The minimum atomic E-state index is 0.359. The normalized spacial score (nSPS) is 17.5. The summed E-state index contributed by atoms with van der Waals surface area (Å²) < 4.78 is 0.883. The van der Waals surface area contributed by atoms with Crippen molar-refractivity contribution in [3.05, 3.63) is 16.5 Å². The summed E-state index contributed by atoms with van der Waals surface area (Å²) in [5, 5.41) is 0. The van der Waals surface area contributed by atoms with Crippen molar-refractivity contribution in [2.24, 2.45) is 0 Å². The van der Waals surface area contributed by atoms with Gasteiger partial charge < -0.3 is 9.80 Å². The molecule has 5 heteroatoms. The average molecular weight is 313 g/mol. The first-order valence-electron chi connectivity index (χ1n) is 6.62. The third-order valence-corrected chi connectivity index (χ3v) is 3.76. The minimum absolute atomic E-state index is 0.359. The Bertz CT molecular complexity index is 400. The van der Waals surface area contributed by atoms with Crippen LogP contribution in [0.5, 0.6) is 0 Å². The van der Waals surface area contributed by atoms with E-state index in [9.17, 15) is 0 Å². The molecule has 1 aromatic heterocycles. The van der Waals surface area contributed by atoms with Gasteiger partial charge >= 0.3 is 0 Å². The zero-order chi connectivity index (χ0) is 13.1. The van der Waals surface area contributed by atoms with Crippen molar-refractivity contribution in [1.82, 2.24) is 14.9 Å². The van der Waals surface area contributed by atoms with E-state index in [-0.39, 0.29) is 0 Å². The first-order valence-corrected chi connectivity index (χ1v) is 7.41. The summed E-state index contributed by atoms with van der Waals surface area (Å²) in [6.45, 7) is 11.9. The van der Waals surface area contributed by atoms with E-state index in [0.717, 1.165) is 49.0 Å². The number of piperazine rings is 1. The van der Waals surface area contributed by atoms with Crippen molar-refractivity contribution in [3.8, 4) is 0 Å². The van der Waals surface area contributed by atoms with Crippen molar-refractivity contribution in [2.45, 2.75) is 26.7 Å². The zero-order valence-corrected chi connectivity index (χ0v) is 12.9. The number of hydrogen-bond donors (Lipinski definition) is 0. The molecule has 1 aliphatic rings. The Kier molecular flexibility index (Phi) is 4.56. The molecule has 2 heterocycles. The van der Waals surface area contributed by atoms with Gasteiger partial charge in [0.2, 0.25) is 0 Å². The third-order valence-electron chi connectivity index (χ3n) is 3.36. The molecule has 1 aromatic rings. The third kappa shape index (κ3) is 3.20. The molecule has 0 radical (unpaired) electrons. The molecule has 4 nitrogen and oxygen atoms in total. The number of anilines is 1. The summed E-state index contributed by atoms with van der Waals surface area (Å²) in [6.07, 6.45) is 0. The summed E-state index contributed by atoms with van der Waals surface area (Å²) in [5.74, 6) is 2.33. The highest BCUT2D eigenvalue weighted by atomic mass is 79.9. The Morgan fingerprint density at radius 1 is 1.22 bits per heavy atom. The fourth-order valence-corrected chi connectivity index (χ4v) is 2.52. The lowest BCUT2D eigenvalue weighted by molar-refractivity contribution is 0.270. The molecule has 1 aliphatic heterocycles. The second-order valence-electron chi connectivity index (χ2n) is 4.98. The van der Waals surface area contributed by atoms with Crippen LogP contribution in [0.2, 0.25) is 0 Å². The molecule has 0 atom stereocenters. The lowest BCUT2D eigenvalue weighted by Gasteiger charge is -2.35. The van der Waals surface area contributed by atoms with Crippen LogP contribution in [0.15, 0.2) is 10.7 Å². The van der Waals surface area contributed by atoms with Gasteiger partial charge in [-0.1, -0.05) is 20.8 Å². The molecule has 0 aliphatic carbocycles. The first-order chi connectivity index (χ1) is 8.60. The van der Waals surface area contributed by atoms with Gasteiger partial charge in [-0.3, -0.25) is 0 Å². The maximum Gasteiger partial charge on any atom is 0.134 e. The number of rotatable bonds is 3. The lowest BCUT2D eigenvalue weighted by Crippen LogP contribution is -2.46. The highest BCUT2D eigenvalue weighted by Gasteiger charge is 2.18. The van der Waals surface area contributed by atoms with Crippen molar-refractivity contribution >= 4 is 21.7 Å². The predicted octanol–water partition coefficient (Wildman–Crippen LogP) is 2.50. The lowest BCUT2D eigenvalue weighted by atomic mass is 10.2. The maximum absolute atomic E-state index is 4.67. The predicted molar refractivity (Wildman–Crippen MR) is 78.1 cm³/mol. The van der Waals surface area contributed by atoms with E-state index >= 15 is 0 Å². The Labute approximate surface area is 118 Å². The molecular formula is C13H21BrN4. The molecule has 0 unspecified atom stereocenters. The van der Waals surface area contributed by atoms with Crippen LogP contribution in [0.3, 0.4) is 0 Å². The van der Waals surface area contributed by atoms with E-state index in [4.69, 9.17) is 0 Å². The largest absolute Gasteiger partial charge is 0.354 e. The fourth-order valence-electron chi connectivity index (χ4n) is 2.14. The fraction of sp³-hybridized carbons (Fsp3) is 0.692. The van der Waals surface area contributed by atoms with Crippen molar-refractivity contribution < 1.29 is 0 Å². The van der Waals surface area contributed by atoms with Crippen molar-refractivity contribution in [1.29, 1.82) is 0 Å². The van der Waals surface area contributed by atoms with Gasteiger partial charge in [-0.05, 0) is 22.5 Å². The molecule has 0 N–H and O–H groups in total. The molecule has 0 aromatic carbocycles. The molecule has 1 fully saturated rings. The van der Waals surface area contributed by atoms with Crippen molar-refractivity contribution in [2.75, 3.05) is 37.6 Å². The van der Waals surface area contributed by atoms with Gasteiger partial charge in [0.25, 0.3) is 0 Å². The topological polar surface area (TPSA) is 32.3 Å². The van der Waals surface area contributed by atoms with Crippen molar-refractivity contribution in [3.63, 3.8) is 0 Å². The summed E-state index contributed by atoms with van der Waals surface area (Å²) in [7, 11) is 0. The number of hydrogen-bond acceptors (Lipinski definition) is 4. The van der Waals surface area contributed by atoms with Crippen LogP contribution in [0.25, 0.3) is 0 Å². The maximum atomic E-state index is 4.67. The molecule has 0 amide bonds. The quantitative estimate of drug-likeness (QED) is 0.803. The van der Waals surface area contributed by atoms with Gasteiger partial charge in [-0.2, -0.15) is 0 Å². The van der Waals surface area contributed by atoms with E-state index < -0.39 is 0 Å². The summed E-state index contributed by atoms with van der Waals surface area (Å²) >= 11 is 3.49. The van der Waals surface area contributed by atoms with Crippen LogP contribution >= 0.6 is 15.9 Å². The first kappa shape index (κ1) is 13.7. The molecule has 2 rings (SSSR count). The van der Waals surface area contributed by atoms with Gasteiger partial charge in [0.15, 0.2) is 0 Å².